The smallest absolute Gasteiger partial charge is 0.246 e. The Kier molecular flexibility index (Phi) is 6.31. The van der Waals surface area contributed by atoms with E-state index in [9.17, 15) is 9.59 Å². The molecule has 2 aromatic rings. The van der Waals surface area contributed by atoms with E-state index in [0.717, 1.165) is 30.5 Å². The minimum absolute atomic E-state index is 0.00334. The topological polar surface area (TPSA) is 62.3 Å². The number of pyridine rings is 1. The summed E-state index contributed by atoms with van der Waals surface area (Å²) in [6, 6.07) is 10.5. The molecule has 5 heteroatoms. The quantitative estimate of drug-likeness (QED) is 0.700. The van der Waals surface area contributed by atoms with Crippen LogP contribution in [0.1, 0.15) is 48.4 Å². The van der Waals surface area contributed by atoms with E-state index >= 15 is 0 Å². The zero-order chi connectivity index (χ0) is 21.8. The van der Waals surface area contributed by atoms with Crippen LogP contribution >= 0.6 is 0 Å². The van der Waals surface area contributed by atoms with Crippen molar-refractivity contribution in [2.24, 2.45) is 5.92 Å². The number of hydrogen-bond acceptors (Lipinski definition) is 3. The molecule has 1 unspecified atom stereocenters. The number of benzene rings is 1. The fourth-order valence-electron chi connectivity index (χ4n) is 4.39. The Hall–Kier alpha value is -3.21. The molecule has 1 aromatic carbocycles. The van der Waals surface area contributed by atoms with Gasteiger partial charge >= 0.3 is 0 Å². The Morgan fingerprint density at radius 1 is 1.26 bits per heavy atom. The van der Waals surface area contributed by atoms with Gasteiger partial charge in [-0.1, -0.05) is 30.3 Å². The molecule has 1 aliphatic carbocycles. The van der Waals surface area contributed by atoms with Gasteiger partial charge in [0, 0.05) is 31.8 Å². The van der Waals surface area contributed by atoms with E-state index in [4.69, 9.17) is 0 Å². The van der Waals surface area contributed by atoms with Crippen LogP contribution in [0.2, 0.25) is 0 Å². The second kappa shape index (κ2) is 9.29. The van der Waals surface area contributed by atoms with Gasteiger partial charge in [0.25, 0.3) is 0 Å². The number of likely N-dealkylation sites (N-methyl/N-ethyl adjacent to an activating group) is 1. The van der Waals surface area contributed by atoms with Crippen molar-refractivity contribution in [3.05, 3.63) is 70.9 Å². The molecule has 1 aliphatic heterocycles. The number of carbonyl (C=O) groups is 2. The van der Waals surface area contributed by atoms with E-state index in [2.05, 4.69) is 47.6 Å². The van der Waals surface area contributed by atoms with Gasteiger partial charge in [-0.05, 0) is 79.0 Å². The minimum atomic E-state index is 0.00334. The SMILES string of the molecule is CCN(CC1C=C(c2ccccc2C)CC1)C(=O)/C=C/c1cnc2c(c1)CCC(=O)N2. The van der Waals surface area contributed by atoms with Crippen molar-refractivity contribution in [3.8, 4) is 0 Å². The van der Waals surface area contributed by atoms with Crippen molar-refractivity contribution in [3.63, 3.8) is 0 Å². The van der Waals surface area contributed by atoms with Crippen LogP contribution in [-0.4, -0.2) is 34.8 Å². The van der Waals surface area contributed by atoms with Crippen LogP contribution in [0.5, 0.6) is 0 Å². The summed E-state index contributed by atoms with van der Waals surface area (Å²) in [5.41, 5.74) is 5.92. The Bertz CT molecular complexity index is 1050. The molecule has 160 valence electrons. The van der Waals surface area contributed by atoms with Crippen LogP contribution in [0.3, 0.4) is 0 Å². The van der Waals surface area contributed by atoms with E-state index in [1.807, 2.05) is 24.0 Å². The van der Waals surface area contributed by atoms with Crippen LogP contribution in [0.15, 0.2) is 48.7 Å². The van der Waals surface area contributed by atoms with E-state index in [-0.39, 0.29) is 11.8 Å². The van der Waals surface area contributed by atoms with E-state index in [0.29, 0.717) is 31.1 Å². The minimum Gasteiger partial charge on any atom is -0.339 e. The molecular formula is C26H29N3O2. The number of rotatable bonds is 6. The van der Waals surface area contributed by atoms with E-state index < -0.39 is 0 Å². The third kappa shape index (κ3) is 4.93. The summed E-state index contributed by atoms with van der Waals surface area (Å²) in [5.74, 6) is 1.04. The highest BCUT2D eigenvalue weighted by Gasteiger charge is 2.21. The summed E-state index contributed by atoms with van der Waals surface area (Å²) in [5, 5.41) is 2.78. The van der Waals surface area contributed by atoms with Gasteiger partial charge in [0.2, 0.25) is 11.8 Å². The van der Waals surface area contributed by atoms with Crippen LogP contribution in [0.4, 0.5) is 5.82 Å². The maximum Gasteiger partial charge on any atom is 0.246 e. The molecule has 2 aliphatic rings. The van der Waals surface area contributed by atoms with Crippen molar-refractivity contribution in [1.82, 2.24) is 9.88 Å². The van der Waals surface area contributed by atoms with Crippen molar-refractivity contribution in [2.75, 3.05) is 18.4 Å². The van der Waals surface area contributed by atoms with Crippen molar-refractivity contribution in [1.29, 1.82) is 0 Å². The first kappa shape index (κ1) is 21.0. The molecule has 0 radical (unpaired) electrons. The van der Waals surface area contributed by atoms with Gasteiger partial charge in [-0.15, -0.1) is 0 Å². The molecule has 4 rings (SSSR count). The van der Waals surface area contributed by atoms with Gasteiger partial charge in [0.15, 0.2) is 0 Å². The van der Waals surface area contributed by atoms with Crippen molar-refractivity contribution >= 4 is 29.3 Å². The molecule has 0 saturated heterocycles. The first-order valence-electron chi connectivity index (χ1n) is 11.1. The molecule has 5 nitrogen and oxygen atoms in total. The monoisotopic (exact) mass is 415 g/mol. The van der Waals surface area contributed by atoms with Gasteiger partial charge in [-0.3, -0.25) is 9.59 Å². The first-order valence-corrected chi connectivity index (χ1v) is 11.1. The molecule has 1 N–H and O–H groups in total. The average Bonchev–Trinajstić information content (AvgIpc) is 3.24. The fourth-order valence-corrected chi connectivity index (χ4v) is 4.39. The molecule has 1 aromatic heterocycles. The first-order chi connectivity index (χ1) is 15.0. The van der Waals surface area contributed by atoms with Crippen LogP contribution in [0, 0.1) is 12.8 Å². The van der Waals surface area contributed by atoms with Gasteiger partial charge in [-0.2, -0.15) is 0 Å². The number of aromatic nitrogens is 1. The average molecular weight is 416 g/mol. The number of fused-ring (bicyclic) bond motifs is 1. The number of hydrogen-bond donors (Lipinski definition) is 1. The molecular weight excluding hydrogens is 386 g/mol. The number of nitrogens with one attached hydrogen (secondary N) is 1. The molecule has 2 amide bonds. The predicted octanol–water partition coefficient (Wildman–Crippen LogP) is 4.63. The predicted molar refractivity (Wildman–Crippen MR) is 124 cm³/mol. The lowest BCUT2D eigenvalue weighted by Crippen LogP contribution is -2.33. The van der Waals surface area contributed by atoms with Crippen LogP contribution in [-0.2, 0) is 16.0 Å². The Balaban J connectivity index is 1.40. The highest BCUT2D eigenvalue weighted by Crippen LogP contribution is 2.33. The third-order valence-electron chi connectivity index (χ3n) is 6.15. The highest BCUT2D eigenvalue weighted by molar-refractivity contribution is 5.93. The third-order valence-corrected chi connectivity index (χ3v) is 6.15. The molecule has 0 spiro atoms. The summed E-state index contributed by atoms with van der Waals surface area (Å²) < 4.78 is 0. The van der Waals surface area contributed by atoms with Crippen molar-refractivity contribution in [2.45, 2.75) is 39.5 Å². The Labute approximate surface area is 183 Å². The summed E-state index contributed by atoms with van der Waals surface area (Å²) in [4.78, 5) is 30.5. The molecule has 1 atom stereocenters. The van der Waals surface area contributed by atoms with Crippen LogP contribution in [0.25, 0.3) is 11.6 Å². The number of aryl methyl sites for hydroxylation is 2. The molecule has 0 fully saturated rings. The van der Waals surface area contributed by atoms with Crippen LogP contribution < -0.4 is 5.32 Å². The number of anilines is 1. The molecule has 0 saturated carbocycles. The summed E-state index contributed by atoms with van der Waals surface area (Å²) in [6.45, 7) is 5.60. The lowest BCUT2D eigenvalue weighted by molar-refractivity contribution is -0.126. The number of allylic oxidation sites excluding steroid dienone is 1. The molecule has 2 heterocycles. The van der Waals surface area contributed by atoms with Crippen molar-refractivity contribution < 1.29 is 9.59 Å². The zero-order valence-corrected chi connectivity index (χ0v) is 18.2. The maximum atomic E-state index is 12.8. The second-order valence-electron chi connectivity index (χ2n) is 8.34. The standard InChI is InChI=1S/C26H29N3O2/c1-3-29(17-20-8-10-21(15-20)23-7-5-4-6-18(23)2)25(31)13-9-19-14-22-11-12-24(30)28-26(22)27-16-19/h4-7,9,13-16,20H,3,8,10-12,17H2,1-2H3,(H,27,28,30)/b13-9+. The number of amides is 2. The lowest BCUT2D eigenvalue weighted by Gasteiger charge is -2.22. The number of nitrogens with zero attached hydrogens (tertiary/aromatic N) is 2. The second-order valence-corrected chi connectivity index (χ2v) is 8.34. The summed E-state index contributed by atoms with van der Waals surface area (Å²) >= 11 is 0. The Morgan fingerprint density at radius 3 is 2.90 bits per heavy atom. The van der Waals surface area contributed by atoms with Gasteiger partial charge in [-0.25, -0.2) is 4.98 Å². The Morgan fingerprint density at radius 2 is 2.10 bits per heavy atom. The zero-order valence-electron chi connectivity index (χ0n) is 18.2. The normalized spacial score (nSPS) is 17.9. The summed E-state index contributed by atoms with van der Waals surface area (Å²) in [7, 11) is 0. The van der Waals surface area contributed by atoms with E-state index in [1.165, 1.54) is 16.7 Å². The largest absolute Gasteiger partial charge is 0.339 e. The van der Waals surface area contributed by atoms with Gasteiger partial charge < -0.3 is 10.2 Å². The van der Waals surface area contributed by atoms with Gasteiger partial charge in [0.1, 0.15) is 5.82 Å². The fraction of sp³-hybridized carbons (Fsp3) is 0.346. The molecule has 0 bridgehead atoms. The van der Waals surface area contributed by atoms with E-state index in [1.54, 1.807) is 12.3 Å². The van der Waals surface area contributed by atoms with Gasteiger partial charge in [0.05, 0.1) is 0 Å². The molecule has 31 heavy (non-hydrogen) atoms. The number of carbonyl (C=O) groups excluding carboxylic acids is 2. The maximum absolute atomic E-state index is 12.8. The lowest BCUT2D eigenvalue weighted by atomic mass is 10.0. The summed E-state index contributed by atoms with van der Waals surface area (Å²) in [6.07, 6.45) is 10.8. The highest BCUT2D eigenvalue weighted by atomic mass is 16.2.